The molecule has 2 N–H and O–H groups in total. The first-order valence-electron chi connectivity index (χ1n) is 4.22. The van der Waals surface area contributed by atoms with Crippen molar-refractivity contribution in [3.63, 3.8) is 0 Å². The van der Waals surface area contributed by atoms with Gasteiger partial charge < -0.3 is 10.1 Å². The fourth-order valence-electron chi connectivity index (χ4n) is 1.39. The van der Waals surface area contributed by atoms with E-state index in [0.717, 1.165) is 16.5 Å². The molecule has 0 saturated heterocycles. The highest BCUT2D eigenvalue weighted by atomic mass is 32.1. The molecular weight excluding hydrogens is 200 g/mol. The number of thiocarbonyl (C=S) groups is 1. The van der Waals surface area contributed by atoms with Gasteiger partial charge in [0.05, 0.1) is 12.8 Å². The van der Waals surface area contributed by atoms with Gasteiger partial charge in [0.15, 0.2) is 0 Å². The number of hydrazine groups is 2. The number of ether oxygens (including phenoxy) is 1. The molecule has 0 spiro atoms. The molecular formula is C8H12N4OS. The van der Waals surface area contributed by atoms with Gasteiger partial charge in [0.25, 0.3) is 0 Å². The quantitative estimate of drug-likeness (QED) is 0.624. The van der Waals surface area contributed by atoms with Gasteiger partial charge in [-0.2, -0.15) is 0 Å². The summed E-state index contributed by atoms with van der Waals surface area (Å²) in [5.74, 6) is 0.923. The Morgan fingerprint density at radius 2 is 2.36 bits per heavy atom. The molecule has 6 heteroatoms. The van der Waals surface area contributed by atoms with Gasteiger partial charge in [-0.1, -0.05) is 12.2 Å². The zero-order valence-electron chi connectivity index (χ0n) is 8.07. The van der Waals surface area contributed by atoms with Gasteiger partial charge in [0.1, 0.15) is 10.8 Å². The Hall–Kier alpha value is -1.11. The Labute approximate surface area is 87.9 Å². The van der Waals surface area contributed by atoms with E-state index in [9.17, 15) is 0 Å². The Balaban J connectivity index is 2.18. The Morgan fingerprint density at radius 1 is 1.57 bits per heavy atom. The van der Waals surface area contributed by atoms with Crippen LogP contribution in [0.4, 0.5) is 0 Å². The summed E-state index contributed by atoms with van der Waals surface area (Å²) in [6.07, 6.45) is 3.80. The highest BCUT2D eigenvalue weighted by Crippen LogP contribution is 2.15. The highest BCUT2D eigenvalue weighted by Gasteiger charge is 2.25. The fourth-order valence-corrected chi connectivity index (χ4v) is 1.67. The van der Waals surface area contributed by atoms with Crippen molar-refractivity contribution < 1.29 is 4.74 Å². The molecule has 0 aromatic carbocycles. The van der Waals surface area contributed by atoms with Crippen LogP contribution in [-0.2, 0) is 4.74 Å². The van der Waals surface area contributed by atoms with Crippen molar-refractivity contribution in [3.8, 4) is 0 Å². The molecule has 0 aromatic heterocycles. The molecule has 0 atom stereocenters. The first kappa shape index (κ1) is 9.45. The van der Waals surface area contributed by atoms with Crippen LogP contribution in [0.3, 0.4) is 0 Å². The van der Waals surface area contributed by atoms with E-state index >= 15 is 0 Å². The van der Waals surface area contributed by atoms with Crippen LogP contribution < -0.4 is 10.9 Å². The van der Waals surface area contributed by atoms with Crippen molar-refractivity contribution in [2.45, 2.75) is 0 Å². The van der Waals surface area contributed by atoms with E-state index < -0.39 is 0 Å². The minimum Gasteiger partial charge on any atom is -0.378 e. The molecule has 2 rings (SSSR count). The van der Waals surface area contributed by atoms with Crippen LogP contribution in [0, 0.1) is 0 Å². The minimum atomic E-state index is 0.537. The first-order chi connectivity index (χ1) is 6.70. The molecule has 0 radical (unpaired) electrons. The van der Waals surface area contributed by atoms with Crippen molar-refractivity contribution in [2.24, 2.45) is 0 Å². The zero-order valence-corrected chi connectivity index (χ0v) is 8.89. The van der Waals surface area contributed by atoms with Crippen LogP contribution >= 0.6 is 12.2 Å². The van der Waals surface area contributed by atoms with E-state index in [0.29, 0.717) is 6.61 Å². The summed E-state index contributed by atoms with van der Waals surface area (Å²) in [6.45, 7) is 0.537. The monoisotopic (exact) mass is 212 g/mol. The number of hydrogen-bond donors (Lipinski definition) is 2. The molecule has 76 valence electrons. The minimum absolute atomic E-state index is 0.537. The molecule has 5 nitrogen and oxygen atoms in total. The summed E-state index contributed by atoms with van der Waals surface area (Å²) in [7, 11) is 3.57. The van der Waals surface area contributed by atoms with Gasteiger partial charge in [-0.15, -0.1) is 5.53 Å². The van der Waals surface area contributed by atoms with Crippen molar-refractivity contribution in [1.82, 2.24) is 20.9 Å². The summed E-state index contributed by atoms with van der Waals surface area (Å²) in [5.41, 5.74) is 4.02. The maximum absolute atomic E-state index is 5.21. The average Bonchev–Trinajstić information content (AvgIpc) is 2.47. The number of fused-ring (bicyclic) bond motifs is 1. The molecule has 0 aliphatic carbocycles. The fraction of sp³-hybridized carbons (Fsp3) is 0.375. The van der Waals surface area contributed by atoms with Gasteiger partial charge in [-0.25, -0.2) is 5.01 Å². The Kier molecular flexibility index (Phi) is 2.40. The second kappa shape index (κ2) is 3.56. The maximum Gasteiger partial charge on any atom is 0.145 e. The van der Waals surface area contributed by atoms with Crippen LogP contribution in [0.5, 0.6) is 0 Å². The second-order valence-corrected chi connectivity index (χ2v) is 3.54. The summed E-state index contributed by atoms with van der Waals surface area (Å²) >= 11 is 5.21. The predicted molar refractivity (Wildman–Crippen MR) is 56.5 cm³/mol. The van der Waals surface area contributed by atoms with E-state index in [-0.39, 0.29) is 0 Å². The lowest BCUT2D eigenvalue weighted by Crippen LogP contribution is -2.46. The van der Waals surface area contributed by atoms with Crippen LogP contribution in [0.25, 0.3) is 0 Å². The normalized spacial score (nSPS) is 20.3. The molecule has 0 unspecified atom stereocenters. The summed E-state index contributed by atoms with van der Waals surface area (Å²) in [6, 6.07) is 0. The molecule has 2 heterocycles. The topological polar surface area (TPSA) is 39.8 Å². The van der Waals surface area contributed by atoms with E-state index in [1.54, 1.807) is 12.1 Å². The Morgan fingerprint density at radius 3 is 3.07 bits per heavy atom. The van der Waals surface area contributed by atoms with Crippen molar-refractivity contribution >= 4 is 17.2 Å². The van der Waals surface area contributed by atoms with Gasteiger partial charge in [-0.3, -0.25) is 5.01 Å². The lowest BCUT2D eigenvalue weighted by Gasteiger charge is -2.27. The number of nitrogens with one attached hydrogen (secondary N) is 2. The third-order valence-corrected chi connectivity index (χ3v) is 2.22. The largest absolute Gasteiger partial charge is 0.378 e. The lowest BCUT2D eigenvalue weighted by molar-refractivity contribution is 0.207. The molecule has 2 aliphatic rings. The van der Waals surface area contributed by atoms with E-state index in [1.165, 1.54) is 0 Å². The molecule has 0 bridgehead atoms. The van der Waals surface area contributed by atoms with E-state index in [1.807, 2.05) is 24.3 Å². The predicted octanol–water partition coefficient (Wildman–Crippen LogP) is -0.0868. The van der Waals surface area contributed by atoms with Crippen LogP contribution in [0.1, 0.15) is 0 Å². The van der Waals surface area contributed by atoms with Crippen LogP contribution in [0.2, 0.25) is 0 Å². The standard InChI is InChI=1S/C8H12N4OS/c1-11-4-7-9-6(5-13-2)3-8(14)12(7)10-11/h3-4,9-10H,5H2,1-2H3. The van der Waals surface area contributed by atoms with Crippen LogP contribution in [0.15, 0.2) is 23.8 Å². The summed E-state index contributed by atoms with van der Waals surface area (Å²) in [5, 5.41) is 6.84. The number of hydrogen-bond acceptors (Lipinski definition) is 5. The molecule has 14 heavy (non-hydrogen) atoms. The van der Waals surface area contributed by atoms with E-state index in [4.69, 9.17) is 17.0 Å². The SMILES string of the molecule is COCC1=CC(=S)N2NN(C)C=C2N1. The zero-order chi connectivity index (χ0) is 10.1. The van der Waals surface area contributed by atoms with Gasteiger partial charge in [-0.05, 0) is 6.08 Å². The molecule has 0 amide bonds. The summed E-state index contributed by atoms with van der Waals surface area (Å²) < 4.78 is 5.03. The average molecular weight is 212 g/mol. The number of nitrogens with zero attached hydrogens (tertiary/aromatic N) is 2. The summed E-state index contributed by atoms with van der Waals surface area (Å²) in [4.78, 5) is 0.728. The number of methoxy groups -OCH3 is 1. The maximum atomic E-state index is 5.21. The smallest absolute Gasteiger partial charge is 0.145 e. The molecule has 0 aromatic rings. The van der Waals surface area contributed by atoms with Gasteiger partial charge in [0, 0.05) is 19.9 Å². The van der Waals surface area contributed by atoms with E-state index in [2.05, 4.69) is 10.9 Å². The molecule has 0 saturated carbocycles. The number of rotatable bonds is 2. The van der Waals surface area contributed by atoms with Crippen molar-refractivity contribution in [2.75, 3.05) is 20.8 Å². The first-order valence-corrected chi connectivity index (χ1v) is 4.63. The second-order valence-electron chi connectivity index (χ2n) is 3.13. The third kappa shape index (κ3) is 1.59. The van der Waals surface area contributed by atoms with Gasteiger partial charge in [0.2, 0.25) is 0 Å². The lowest BCUT2D eigenvalue weighted by atomic mass is 10.3. The molecule has 2 aliphatic heterocycles. The van der Waals surface area contributed by atoms with Crippen LogP contribution in [-0.4, -0.2) is 35.8 Å². The third-order valence-electron chi connectivity index (χ3n) is 1.92. The Bertz CT molecular complexity index is 325. The highest BCUT2D eigenvalue weighted by molar-refractivity contribution is 7.80. The van der Waals surface area contributed by atoms with Crippen molar-refractivity contribution in [3.05, 3.63) is 23.8 Å². The molecule has 0 fully saturated rings. The van der Waals surface area contributed by atoms with Gasteiger partial charge >= 0.3 is 0 Å². The van der Waals surface area contributed by atoms with Crippen molar-refractivity contribution in [1.29, 1.82) is 0 Å².